The first kappa shape index (κ1) is 22.2. The van der Waals surface area contributed by atoms with E-state index in [1.54, 1.807) is 12.1 Å². The molecule has 2 amide bonds. The van der Waals surface area contributed by atoms with Gasteiger partial charge in [-0.15, -0.1) is 0 Å². The quantitative estimate of drug-likeness (QED) is 0.680. The average Bonchev–Trinajstić information content (AvgIpc) is 2.66. The van der Waals surface area contributed by atoms with E-state index in [1.165, 1.54) is 14.1 Å². The van der Waals surface area contributed by atoms with Gasteiger partial charge in [-0.05, 0) is 54.7 Å². The normalized spacial score (nSPS) is 18.6. The summed E-state index contributed by atoms with van der Waals surface area (Å²) in [7, 11) is -1.15. The summed E-state index contributed by atoms with van der Waals surface area (Å²) in [6.45, 7) is 0. The minimum absolute atomic E-state index is 0.172. The molecule has 1 saturated carbocycles. The Bertz CT molecular complexity index is 1070. The number of carbonyl (C=O) groups excluding carboxylic acids is 2. The van der Waals surface area contributed by atoms with Gasteiger partial charge in [0.2, 0.25) is 10.0 Å². The van der Waals surface area contributed by atoms with Crippen LogP contribution in [0.5, 0.6) is 0 Å². The molecule has 0 spiro atoms. The summed E-state index contributed by atoms with van der Waals surface area (Å²) >= 11 is 5.87. The number of nitrogens with zero attached hydrogens (tertiary/aromatic N) is 1. The van der Waals surface area contributed by atoms with Crippen molar-refractivity contribution >= 4 is 39.1 Å². The molecule has 0 saturated heterocycles. The van der Waals surface area contributed by atoms with Crippen molar-refractivity contribution in [3.8, 4) is 0 Å². The Labute approximate surface area is 179 Å². The fourth-order valence-corrected chi connectivity index (χ4v) is 4.20. The number of hydrogen-bond acceptors (Lipinski definition) is 4. The fourth-order valence-electron chi connectivity index (χ4n) is 3.14. The molecule has 2 aromatic carbocycles. The Kier molecular flexibility index (Phi) is 6.44. The van der Waals surface area contributed by atoms with E-state index >= 15 is 0 Å². The van der Waals surface area contributed by atoms with E-state index in [4.69, 9.17) is 11.6 Å². The molecule has 1 aliphatic rings. The lowest BCUT2D eigenvalue weighted by atomic mass is 9.76. The second-order valence-electron chi connectivity index (χ2n) is 7.27. The lowest BCUT2D eigenvalue weighted by Crippen LogP contribution is -2.47. The van der Waals surface area contributed by atoms with Gasteiger partial charge in [0.25, 0.3) is 0 Å². The third-order valence-corrected chi connectivity index (χ3v) is 7.05. The van der Waals surface area contributed by atoms with Crippen LogP contribution in [0.2, 0.25) is 5.02 Å². The minimum atomic E-state index is -3.81. The summed E-state index contributed by atoms with van der Waals surface area (Å²) in [5.74, 6) is -2.56. The van der Waals surface area contributed by atoms with Crippen LogP contribution in [0, 0.1) is 5.82 Å². The average molecular weight is 454 g/mol. The van der Waals surface area contributed by atoms with Crippen LogP contribution in [0.4, 0.5) is 10.1 Å². The summed E-state index contributed by atoms with van der Waals surface area (Å²) in [6.07, 6.45) is 1.34. The molecule has 7 nitrogen and oxygen atoms in total. The molecule has 0 unspecified atom stereocenters. The number of amides is 2. The Balaban J connectivity index is 1.59. The standard InChI is InChI=1S/C20H21ClFN3O4S/c1-25(2)30(28,29)16-7-8-17(22)18(11-16)24-20(27)19(26)23-15-9-13(10-15)12-3-5-14(21)6-4-12/h3-8,11,13,15H,9-10H2,1-2H3,(H,23,26)(H,24,27). The maximum absolute atomic E-state index is 14.0. The van der Waals surface area contributed by atoms with Crippen LogP contribution < -0.4 is 10.6 Å². The molecule has 1 fully saturated rings. The Morgan fingerprint density at radius 2 is 1.70 bits per heavy atom. The first-order valence-electron chi connectivity index (χ1n) is 9.17. The molecule has 30 heavy (non-hydrogen) atoms. The Hall–Kier alpha value is -2.49. The zero-order chi connectivity index (χ0) is 22.1. The largest absolute Gasteiger partial charge is 0.345 e. The second-order valence-corrected chi connectivity index (χ2v) is 9.86. The van der Waals surface area contributed by atoms with Gasteiger partial charge < -0.3 is 10.6 Å². The smallest absolute Gasteiger partial charge is 0.313 e. The zero-order valence-corrected chi connectivity index (χ0v) is 17.9. The van der Waals surface area contributed by atoms with Crippen LogP contribution in [0.3, 0.4) is 0 Å². The van der Waals surface area contributed by atoms with Crippen molar-refractivity contribution in [2.24, 2.45) is 0 Å². The number of anilines is 1. The Morgan fingerprint density at radius 1 is 1.07 bits per heavy atom. The van der Waals surface area contributed by atoms with E-state index < -0.39 is 27.7 Å². The summed E-state index contributed by atoms with van der Waals surface area (Å²) in [5, 5.41) is 5.39. The van der Waals surface area contributed by atoms with Gasteiger partial charge in [-0.25, -0.2) is 17.1 Å². The van der Waals surface area contributed by atoms with E-state index in [2.05, 4.69) is 10.6 Å². The summed E-state index contributed by atoms with van der Waals surface area (Å²) in [4.78, 5) is 24.1. The molecule has 0 atom stereocenters. The molecular formula is C20H21ClFN3O4S. The lowest BCUT2D eigenvalue weighted by molar-refractivity contribution is -0.137. The number of sulfonamides is 1. The van der Waals surface area contributed by atoms with Gasteiger partial charge in [-0.3, -0.25) is 9.59 Å². The number of nitrogens with one attached hydrogen (secondary N) is 2. The van der Waals surface area contributed by atoms with Crippen molar-refractivity contribution in [3.05, 3.63) is 58.9 Å². The molecule has 0 aliphatic heterocycles. The van der Waals surface area contributed by atoms with Gasteiger partial charge in [-0.2, -0.15) is 0 Å². The minimum Gasteiger partial charge on any atom is -0.345 e. The number of carbonyl (C=O) groups is 2. The molecule has 160 valence electrons. The number of hydrogen-bond donors (Lipinski definition) is 2. The van der Waals surface area contributed by atoms with E-state index in [1.807, 2.05) is 12.1 Å². The number of benzene rings is 2. The monoisotopic (exact) mass is 453 g/mol. The van der Waals surface area contributed by atoms with E-state index in [9.17, 15) is 22.4 Å². The van der Waals surface area contributed by atoms with Crippen LogP contribution in [0.1, 0.15) is 24.3 Å². The van der Waals surface area contributed by atoms with Crippen LogP contribution in [0.25, 0.3) is 0 Å². The van der Waals surface area contributed by atoms with Crippen molar-refractivity contribution in [1.82, 2.24) is 9.62 Å². The van der Waals surface area contributed by atoms with Gasteiger partial charge in [-0.1, -0.05) is 23.7 Å². The Morgan fingerprint density at radius 3 is 2.30 bits per heavy atom. The maximum Gasteiger partial charge on any atom is 0.313 e. The molecule has 0 aromatic heterocycles. The molecule has 2 aromatic rings. The molecule has 0 radical (unpaired) electrons. The predicted octanol–water partition coefficient (Wildman–Crippen LogP) is 2.73. The van der Waals surface area contributed by atoms with Gasteiger partial charge in [0.1, 0.15) is 5.82 Å². The SMILES string of the molecule is CN(C)S(=O)(=O)c1ccc(F)c(NC(=O)C(=O)NC2CC(c3ccc(Cl)cc3)C2)c1. The first-order valence-corrected chi connectivity index (χ1v) is 11.0. The van der Waals surface area contributed by atoms with Crippen LogP contribution in [-0.2, 0) is 19.6 Å². The highest BCUT2D eigenvalue weighted by atomic mass is 35.5. The molecule has 2 N–H and O–H groups in total. The van der Waals surface area contributed by atoms with Crippen molar-refractivity contribution in [2.45, 2.75) is 29.7 Å². The van der Waals surface area contributed by atoms with Gasteiger partial charge in [0.15, 0.2) is 0 Å². The molecule has 1 aliphatic carbocycles. The van der Waals surface area contributed by atoms with Crippen molar-refractivity contribution in [1.29, 1.82) is 0 Å². The van der Waals surface area contributed by atoms with Crippen LogP contribution >= 0.6 is 11.6 Å². The molecule has 0 heterocycles. The lowest BCUT2D eigenvalue weighted by Gasteiger charge is -2.36. The summed E-state index contributed by atoms with van der Waals surface area (Å²) in [5.41, 5.74) is 0.723. The molecular weight excluding hydrogens is 433 g/mol. The highest BCUT2D eigenvalue weighted by Crippen LogP contribution is 2.37. The van der Waals surface area contributed by atoms with E-state index in [0.29, 0.717) is 17.9 Å². The summed E-state index contributed by atoms with van der Waals surface area (Å²) in [6, 6.07) is 10.3. The predicted molar refractivity (Wildman–Crippen MR) is 111 cm³/mol. The molecule has 10 heteroatoms. The number of rotatable bonds is 5. The van der Waals surface area contributed by atoms with Gasteiger partial charge >= 0.3 is 11.8 Å². The van der Waals surface area contributed by atoms with Crippen molar-refractivity contribution < 1.29 is 22.4 Å². The fraction of sp³-hybridized carbons (Fsp3) is 0.300. The van der Waals surface area contributed by atoms with Gasteiger partial charge in [0, 0.05) is 25.2 Å². The van der Waals surface area contributed by atoms with Gasteiger partial charge in [0.05, 0.1) is 10.6 Å². The zero-order valence-electron chi connectivity index (χ0n) is 16.4. The number of halogens is 2. The summed E-state index contributed by atoms with van der Waals surface area (Å²) < 4.78 is 39.3. The van der Waals surface area contributed by atoms with Crippen LogP contribution in [0.15, 0.2) is 47.4 Å². The van der Waals surface area contributed by atoms with E-state index in [0.717, 1.165) is 28.1 Å². The maximum atomic E-state index is 14.0. The third kappa shape index (κ3) is 4.80. The second kappa shape index (κ2) is 8.71. The highest BCUT2D eigenvalue weighted by Gasteiger charge is 2.33. The van der Waals surface area contributed by atoms with E-state index in [-0.39, 0.29) is 22.5 Å². The van der Waals surface area contributed by atoms with Crippen molar-refractivity contribution in [3.63, 3.8) is 0 Å². The van der Waals surface area contributed by atoms with Crippen molar-refractivity contribution in [2.75, 3.05) is 19.4 Å². The third-order valence-electron chi connectivity index (χ3n) is 4.99. The molecule has 3 rings (SSSR count). The first-order chi connectivity index (χ1) is 14.1. The highest BCUT2D eigenvalue weighted by molar-refractivity contribution is 7.89. The topological polar surface area (TPSA) is 95.6 Å². The molecule has 0 bridgehead atoms. The van der Waals surface area contributed by atoms with Crippen LogP contribution in [-0.4, -0.2) is 44.7 Å².